The summed E-state index contributed by atoms with van der Waals surface area (Å²) in [6, 6.07) is 3.73. The van der Waals surface area contributed by atoms with Crippen LogP contribution in [0.1, 0.15) is 5.56 Å². The summed E-state index contributed by atoms with van der Waals surface area (Å²) in [6.45, 7) is 1.84. The van der Waals surface area contributed by atoms with E-state index < -0.39 is 0 Å². The van der Waals surface area contributed by atoms with Gasteiger partial charge in [0, 0.05) is 0 Å². The molecule has 0 saturated carbocycles. The minimum atomic E-state index is 0.425. The lowest BCUT2D eigenvalue weighted by Crippen LogP contribution is -1.76. The molecule has 2 aromatic rings. The first-order valence-corrected chi connectivity index (χ1v) is 3.59. The van der Waals surface area contributed by atoms with Gasteiger partial charge in [0.2, 0.25) is 0 Å². The van der Waals surface area contributed by atoms with Crippen LogP contribution in [-0.4, -0.2) is 9.97 Å². The van der Waals surface area contributed by atoms with Gasteiger partial charge in [0.05, 0.1) is 11.8 Å². The van der Waals surface area contributed by atoms with Crippen molar-refractivity contribution in [2.45, 2.75) is 6.92 Å². The molecular formula is C8H7N3O. The minimum Gasteiger partial charge on any atom is -0.345 e. The first-order chi connectivity index (χ1) is 5.83. The lowest BCUT2D eigenvalue weighted by Gasteiger charge is -1.95. The van der Waals surface area contributed by atoms with Crippen LogP contribution >= 0.6 is 0 Å². The van der Waals surface area contributed by atoms with Gasteiger partial charge in [-0.1, -0.05) is 6.07 Å². The highest BCUT2D eigenvalue weighted by atomic mass is 16.3. The summed E-state index contributed by atoms with van der Waals surface area (Å²) in [5, 5.41) is 2.94. The first-order valence-electron chi connectivity index (χ1n) is 3.59. The van der Waals surface area contributed by atoms with Gasteiger partial charge in [0.25, 0.3) is 0 Å². The standard InChI is InChI=1S/C8H7N3O/c1-5-2-3-6-8(7(5)11-12)10-4-9-6/h2-4H,1H3,(H,9,10). The molecule has 0 bridgehead atoms. The van der Waals surface area contributed by atoms with Gasteiger partial charge in [-0.3, -0.25) is 0 Å². The van der Waals surface area contributed by atoms with E-state index in [0.29, 0.717) is 11.2 Å². The molecule has 2 rings (SSSR count). The second-order valence-corrected chi connectivity index (χ2v) is 2.62. The molecule has 60 valence electrons. The molecule has 0 unspecified atom stereocenters. The molecule has 0 amide bonds. The van der Waals surface area contributed by atoms with E-state index in [1.165, 1.54) is 0 Å². The maximum absolute atomic E-state index is 10.4. The maximum Gasteiger partial charge on any atom is 0.138 e. The van der Waals surface area contributed by atoms with Crippen molar-refractivity contribution in [3.63, 3.8) is 0 Å². The van der Waals surface area contributed by atoms with Gasteiger partial charge in [0.1, 0.15) is 11.2 Å². The lowest BCUT2D eigenvalue weighted by atomic mass is 10.2. The van der Waals surface area contributed by atoms with Crippen molar-refractivity contribution < 1.29 is 0 Å². The van der Waals surface area contributed by atoms with E-state index in [0.717, 1.165) is 11.1 Å². The molecule has 1 heterocycles. The molecule has 0 atom stereocenters. The third kappa shape index (κ3) is 0.812. The summed E-state index contributed by atoms with van der Waals surface area (Å²) < 4.78 is 0. The largest absolute Gasteiger partial charge is 0.345 e. The quantitative estimate of drug-likeness (QED) is 0.652. The fraction of sp³-hybridized carbons (Fsp3) is 0.125. The van der Waals surface area contributed by atoms with Crippen molar-refractivity contribution in [2.75, 3.05) is 0 Å². The average molecular weight is 161 g/mol. The van der Waals surface area contributed by atoms with Crippen LogP contribution in [-0.2, 0) is 0 Å². The molecular weight excluding hydrogens is 154 g/mol. The average Bonchev–Trinajstić information content (AvgIpc) is 2.52. The highest BCUT2D eigenvalue weighted by molar-refractivity contribution is 5.87. The number of hydrogen-bond donors (Lipinski definition) is 1. The van der Waals surface area contributed by atoms with Crippen molar-refractivity contribution >= 4 is 16.7 Å². The zero-order valence-electron chi connectivity index (χ0n) is 6.53. The van der Waals surface area contributed by atoms with Crippen LogP contribution in [0.2, 0.25) is 0 Å². The minimum absolute atomic E-state index is 0.425. The van der Waals surface area contributed by atoms with Gasteiger partial charge < -0.3 is 4.98 Å². The number of nitrogens with one attached hydrogen (secondary N) is 1. The number of aromatic amines is 1. The SMILES string of the molecule is Cc1ccc2[nH]cnc2c1N=O. The predicted molar refractivity (Wildman–Crippen MR) is 46.3 cm³/mol. The van der Waals surface area contributed by atoms with Crippen LogP contribution < -0.4 is 0 Å². The van der Waals surface area contributed by atoms with E-state index >= 15 is 0 Å². The van der Waals surface area contributed by atoms with Crippen LogP contribution in [0, 0.1) is 11.8 Å². The number of benzene rings is 1. The third-order valence-corrected chi connectivity index (χ3v) is 1.86. The van der Waals surface area contributed by atoms with Crippen LogP contribution in [0.3, 0.4) is 0 Å². The molecule has 12 heavy (non-hydrogen) atoms. The molecule has 0 aliphatic rings. The Hall–Kier alpha value is -1.71. The van der Waals surface area contributed by atoms with Gasteiger partial charge in [-0.2, -0.15) is 0 Å². The molecule has 1 N–H and O–H groups in total. The fourth-order valence-corrected chi connectivity index (χ4v) is 1.21. The van der Waals surface area contributed by atoms with Gasteiger partial charge in [-0.25, -0.2) is 4.98 Å². The zero-order valence-corrected chi connectivity index (χ0v) is 6.53. The van der Waals surface area contributed by atoms with Crippen molar-refractivity contribution in [2.24, 2.45) is 5.18 Å². The number of nitrogens with zero attached hydrogens (tertiary/aromatic N) is 2. The summed E-state index contributed by atoms with van der Waals surface area (Å²) in [5.74, 6) is 0. The normalized spacial score (nSPS) is 10.4. The number of hydrogen-bond acceptors (Lipinski definition) is 3. The van der Waals surface area contributed by atoms with Crippen LogP contribution in [0.15, 0.2) is 23.6 Å². The number of aryl methyl sites for hydroxylation is 1. The maximum atomic E-state index is 10.4. The molecule has 0 aliphatic heterocycles. The van der Waals surface area contributed by atoms with E-state index in [1.54, 1.807) is 6.33 Å². The number of rotatable bonds is 1. The lowest BCUT2D eigenvalue weighted by molar-refractivity contribution is 1.34. The van der Waals surface area contributed by atoms with Gasteiger partial charge in [0.15, 0.2) is 0 Å². The van der Waals surface area contributed by atoms with Gasteiger partial charge in [-0.05, 0) is 23.7 Å². The topological polar surface area (TPSA) is 58.1 Å². The Morgan fingerprint density at radius 3 is 3.08 bits per heavy atom. The second kappa shape index (κ2) is 2.41. The predicted octanol–water partition coefficient (Wildman–Crippen LogP) is 2.27. The molecule has 1 aromatic carbocycles. The highest BCUT2D eigenvalue weighted by Crippen LogP contribution is 2.26. The smallest absolute Gasteiger partial charge is 0.138 e. The number of H-pyrrole nitrogens is 1. The third-order valence-electron chi connectivity index (χ3n) is 1.86. The van der Waals surface area contributed by atoms with Crippen LogP contribution in [0.4, 0.5) is 5.69 Å². The molecule has 4 nitrogen and oxygen atoms in total. The first kappa shape index (κ1) is 6.97. The molecule has 0 fully saturated rings. The van der Waals surface area contributed by atoms with E-state index in [9.17, 15) is 4.91 Å². The second-order valence-electron chi connectivity index (χ2n) is 2.62. The van der Waals surface area contributed by atoms with Crippen molar-refractivity contribution in [3.8, 4) is 0 Å². The fourth-order valence-electron chi connectivity index (χ4n) is 1.21. The zero-order chi connectivity index (χ0) is 8.55. The van der Waals surface area contributed by atoms with Crippen LogP contribution in [0.25, 0.3) is 11.0 Å². The van der Waals surface area contributed by atoms with E-state index in [-0.39, 0.29) is 0 Å². The molecule has 0 spiro atoms. The highest BCUT2D eigenvalue weighted by Gasteiger charge is 2.06. The van der Waals surface area contributed by atoms with E-state index in [1.807, 2.05) is 19.1 Å². The molecule has 0 aliphatic carbocycles. The Labute approximate surface area is 68.6 Å². The van der Waals surface area contributed by atoms with Crippen molar-refractivity contribution in [1.82, 2.24) is 9.97 Å². The van der Waals surface area contributed by atoms with Crippen molar-refractivity contribution in [1.29, 1.82) is 0 Å². The molecule has 0 radical (unpaired) electrons. The van der Waals surface area contributed by atoms with Crippen LogP contribution in [0.5, 0.6) is 0 Å². The Morgan fingerprint density at radius 1 is 1.50 bits per heavy atom. The Bertz CT molecular complexity index is 433. The number of fused-ring (bicyclic) bond motifs is 1. The molecule has 1 aromatic heterocycles. The van der Waals surface area contributed by atoms with E-state index in [4.69, 9.17) is 0 Å². The summed E-state index contributed by atoms with van der Waals surface area (Å²) in [6.07, 6.45) is 1.55. The van der Waals surface area contributed by atoms with E-state index in [2.05, 4.69) is 15.1 Å². The number of imidazole rings is 1. The monoisotopic (exact) mass is 161 g/mol. The summed E-state index contributed by atoms with van der Waals surface area (Å²) >= 11 is 0. The van der Waals surface area contributed by atoms with Gasteiger partial charge in [-0.15, -0.1) is 4.91 Å². The molecule has 0 saturated heterocycles. The Kier molecular flexibility index (Phi) is 1.40. The summed E-state index contributed by atoms with van der Waals surface area (Å²) in [7, 11) is 0. The van der Waals surface area contributed by atoms with Crippen molar-refractivity contribution in [3.05, 3.63) is 28.9 Å². The summed E-state index contributed by atoms with van der Waals surface area (Å²) in [4.78, 5) is 17.3. The number of nitroso groups, excluding NO2 is 1. The Morgan fingerprint density at radius 2 is 2.33 bits per heavy atom. The molecule has 4 heteroatoms. The number of aromatic nitrogens is 2. The summed E-state index contributed by atoms with van der Waals surface area (Å²) in [5.41, 5.74) is 2.76. The Balaban J connectivity index is 2.91. The van der Waals surface area contributed by atoms with Gasteiger partial charge >= 0.3 is 0 Å².